The molecule has 4 heteroatoms. The maximum Gasteiger partial charge on any atom is 0.0991 e. The fourth-order valence-corrected chi connectivity index (χ4v) is 2.41. The number of nitrogens with one attached hydrogen (secondary N) is 1. The molecule has 1 heterocycles. The van der Waals surface area contributed by atoms with E-state index in [0.717, 1.165) is 31.9 Å². The summed E-state index contributed by atoms with van der Waals surface area (Å²) in [4.78, 5) is 6.55. The largest absolute Gasteiger partial charge is 0.311 e. The van der Waals surface area contributed by atoms with Crippen molar-refractivity contribution in [3.63, 3.8) is 0 Å². The van der Waals surface area contributed by atoms with Crippen LogP contribution in [0.15, 0.2) is 43.0 Å². The van der Waals surface area contributed by atoms with Gasteiger partial charge in [-0.2, -0.15) is 0 Å². The van der Waals surface area contributed by atoms with Crippen LogP contribution in [0.5, 0.6) is 0 Å². The zero-order valence-corrected chi connectivity index (χ0v) is 13.1. The third-order valence-corrected chi connectivity index (χ3v) is 3.66. The Morgan fingerprint density at radius 1 is 1.14 bits per heavy atom. The normalized spacial score (nSPS) is 11.2. The molecule has 0 radical (unpaired) electrons. The Labute approximate surface area is 127 Å². The van der Waals surface area contributed by atoms with Crippen LogP contribution in [0.3, 0.4) is 0 Å². The fraction of sp³-hybridized carbons (Fsp3) is 0.471. The van der Waals surface area contributed by atoms with Gasteiger partial charge in [-0.25, -0.2) is 4.98 Å². The molecule has 1 N–H and O–H groups in total. The van der Waals surface area contributed by atoms with E-state index in [9.17, 15) is 0 Å². The van der Waals surface area contributed by atoms with E-state index in [1.807, 2.05) is 17.1 Å². The van der Waals surface area contributed by atoms with Crippen molar-refractivity contribution in [1.29, 1.82) is 0 Å². The zero-order chi connectivity index (χ0) is 14.9. The molecule has 0 saturated heterocycles. The molecule has 0 fully saturated rings. The van der Waals surface area contributed by atoms with E-state index in [4.69, 9.17) is 0 Å². The molecule has 2 aromatic rings. The summed E-state index contributed by atoms with van der Waals surface area (Å²) in [6.07, 6.45) is 6.80. The highest BCUT2D eigenvalue weighted by Gasteiger charge is 2.00. The van der Waals surface area contributed by atoms with Gasteiger partial charge in [-0.3, -0.25) is 0 Å². The Morgan fingerprint density at radius 3 is 2.57 bits per heavy atom. The number of rotatable bonds is 9. The lowest BCUT2D eigenvalue weighted by Gasteiger charge is -2.19. The van der Waals surface area contributed by atoms with E-state index in [1.54, 1.807) is 6.20 Å². The van der Waals surface area contributed by atoms with Gasteiger partial charge in [0.1, 0.15) is 0 Å². The summed E-state index contributed by atoms with van der Waals surface area (Å²) in [5.74, 6) is 0. The first kappa shape index (κ1) is 15.7. The lowest BCUT2D eigenvalue weighted by atomic mass is 10.2. The highest BCUT2D eigenvalue weighted by molar-refractivity contribution is 5.34. The highest BCUT2D eigenvalue weighted by atomic mass is 15.1. The fourth-order valence-electron chi connectivity index (χ4n) is 2.41. The molecule has 0 aliphatic carbocycles. The summed E-state index contributed by atoms with van der Waals surface area (Å²) in [6.45, 7) is 9.87. The van der Waals surface area contributed by atoms with Gasteiger partial charge in [-0.1, -0.05) is 26.0 Å². The molecule has 0 amide bonds. The molecule has 0 atom stereocenters. The maximum absolute atomic E-state index is 4.07. The van der Waals surface area contributed by atoms with Crippen LogP contribution in [-0.2, 0) is 6.54 Å². The standard InChI is InChI=1S/C17H26N4/c1-3-11-20(4-2)12-9-18-14-16-5-7-17(8-6-16)21-13-10-19-15-21/h5-8,10,13,15,18H,3-4,9,11-12,14H2,1-2H3. The van der Waals surface area contributed by atoms with E-state index in [2.05, 4.69) is 53.3 Å². The first-order valence-corrected chi connectivity index (χ1v) is 7.83. The van der Waals surface area contributed by atoms with Gasteiger partial charge >= 0.3 is 0 Å². The molecule has 0 bridgehead atoms. The summed E-state index contributed by atoms with van der Waals surface area (Å²) in [6, 6.07) is 8.61. The number of aromatic nitrogens is 2. The summed E-state index contributed by atoms with van der Waals surface area (Å²) in [7, 11) is 0. The summed E-state index contributed by atoms with van der Waals surface area (Å²) in [5.41, 5.74) is 2.47. The van der Waals surface area contributed by atoms with Crippen molar-refractivity contribution in [1.82, 2.24) is 19.8 Å². The van der Waals surface area contributed by atoms with E-state index in [0.29, 0.717) is 0 Å². The summed E-state index contributed by atoms with van der Waals surface area (Å²) in [5, 5.41) is 3.52. The van der Waals surface area contributed by atoms with Crippen molar-refractivity contribution in [2.45, 2.75) is 26.8 Å². The Hall–Kier alpha value is -1.65. The molecule has 0 spiro atoms. The second-order valence-corrected chi connectivity index (χ2v) is 5.25. The van der Waals surface area contributed by atoms with Gasteiger partial charge in [0.25, 0.3) is 0 Å². The molecule has 0 aliphatic heterocycles. The van der Waals surface area contributed by atoms with Crippen molar-refractivity contribution in [2.75, 3.05) is 26.2 Å². The number of likely N-dealkylation sites (N-methyl/N-ethyl adjacent to an activating group) is 1. The molecule has 2 rings (SSSR count). The SMILES string of the molecule is CCCN(CC)CCNCc1ccc(-n2ccnc2)cc1. The van der Waals surface area contributed by atoms with Crippen LogP contribution in [-0.4, -0.2) is 40.6 Å². The molecule has 1 aromatic heterocycles. The van der Waals surface area contributed by atoms with Crippen LogP contribution in [0.1, 0.15) is 25.8 Å². The lowest BCUT2D eigenvalue weighted by molar-refractivity contribution is 0.287. The van der Waals surface area contributed by atoms with Crippen LogP contribution in [0.4, 0.5) is 0 Å². The van der Waals surface area contributed by atoms with E-state index < -0.39 is 0 Å². The van der Waals surface area contributed by atoms with Gasteiger partial charge in [-0.05, 0) is 37.2 Å². The third kappa shape index (κ3) is 4.99. The Morgan fingerprint density at radius 2 is 1.95 bits per heavy atom. The average Bonchev–Trinajstić information content (AvgIpc) is 3.05. The van der Waals surface area contributed by atoms with Crippen LogP contribution in [0.25, 0.3) is 5.69 Å². The minimum atomic E-state index is 0.924. The minimum Gasteiger partial charge on any atom is -0.311 e. The molecule has 114 valence electrons. The molecule has 21 heavy (non-hydrogen) atoms. The molecule has 0 aliphatic rings. The Balaban J connectivity index is 1.74. The predicted octanol–water partition coefficient (Wildman–Crippen LogP) is 2.69. The van der Waals surface area contributed by atoms with Crippen molar-refractivity contribution in [2.24, 2.45) is 0 Å². The van der Waals surface area contributed by atoms with Crippen molar-refractivity contribution < 1.29 is 0 Å². The monoisotopic (exact) mass is 286 g/mol. The quantitative estimate of drug-likeness (QED) is 0.720. The molecule has 0 unspecified atom stereocenters. The number of hydrogen-bond donors (Lipinski definition) is 1. The molecule has 0 saturated carbocycles. The molecular weight excluding hydrogens is 260 g/mol. The van der Waals surface area contributed by atoms with Crippen LogP contribution >= 0.6 is 0 Å². The third-order valence-electron chi connectivity index (χ3n) is 3.66. The topological polar surface area (TPSA) is 33.1 Å². The Kier molecular flexibility index (Phi) is 6.44. The van der Waals surface area contributed by atoms with Crippen LogP contribution in [0, 0.1) is 0 Å². The average molecular weight is 286 g/mol. The molecule has 4 nitrogen and oxygen atoms in total. The van der Waals surface area contributed by atoms with Gasteiger partial charge in [0.05, 0.1) is 6.33 Å². The number of hydrogen-bond acceptors (Lipinski definition) is 3. The predicted molar refractivity (Wildman–Crippen MR) is 87.7 cm³/mol. The number of imidazole rings is 1. The van der Waals surface area contributed by atoms with Crippen LogP contribution in [0.2, 0.25) is 0 Å². The Bertz CT molecular complexity index is 490. The van der Waals surface area contributed by atoms with E-state index in [1.165, 1.54) is 18.5 Å². The molecule has 1 aromatic carbocycles. The van der Waals surface area contributed by atoms with Crippen molar-refractivity contribution >= 4 is 0 Å². The van der Waals surface area contributed by atoms with Gasteiger partial charge in [0.15, 0.2) is 0 Å². The summed E-state index contributed by atoms with van der Waals surface area (Å²) >= 11 is 0. The zero-order valence-electron chi connectivity index (χ0n) is 13.1. The van der Waals surface area contributed by atoms with Crippen molar-refractivity contribution in [3.05, 3.63) is 48.5 Å². The maximum atomic E-state index is 4.07. The highest BCUT2D eigenvalue weighted by Crippen LogP contribution is 2.09. The molecular formula is C17H26N4. The summed E-state index contributed by atoms with van der Waals surface area (Å²) < 4.78 is 2.01. The van der Waals surface area contributed by atoms with Crippen molar-refractivity contribution in [3.8, 4) is 5.69 Å². The first-order valence-electron chi connectivity index (χ1n) is 7.83. The van der Waals surface area contributed by atoms with E-state index in [-0.39, 0.29) is 0 Å². The van der Waals surface area contributed by atoms with Gasteiger partial charge < -0.3 is 14.8 Å². The second-order valence-electron chi connectivity index (χ2n) is 5.25. The van der Waals surface area contributed by atoms with Gasteiger partial charge in [0, 0.05) is 37.7 Å². The second kappa shape index (κ2) is 8.60. The first-order chi connectivity index (χ1) is 10.3. The minimum absolute atomic E-state index is 0.924. The number of benzene rings is 1. The van der Waals surface area contributed by atoms with Gasteiger partial charge in [-0.15, -0.1) is 0 Å². The smallest absolute Gasteiger partial charge is 0.0991 e. The van der Waals surface area contributed by atoms with Crippen LogP contribution < -0.4 is 5.32 Å². The van der Waals surface area contributed by atoms with E-state index >= 15 is 0 Å². The lowest BCUT2D eigenvalue weighted by Crippen LogP contribution is -2.32. The van der Waals surface area contributed by atoms with Gasteiger partial charge in [0.2, 0.25) is 0 Å². The number of nitrogens with zero attached hydrogens (tertiary/aromatic N) is 3.